The predicted molar refractivity (Wildman–Crippen MR) is 119 cm³/mol. The fourth-order valence-corrected chi connectivity index (χ4v) is 4.82. The van der Waals surface area contributed by atoms with Crippen LogP contribution in [-0.2, 0) is 24.3 Å². The standard InChI is InChI=1S/C23H22N2O6S/c26-22(20-15-24-21-4-2-1-3-19(20)21)16-31-23(27)10-7-17-5-8-18(9-6-17)32(28,29)25-11-13-30-14-12-25/h1-10,15,24H,11-14,16H2/b10-7+. The van der Waals surface area contributed by atoms with E-state index in [1.54, 1.807) is 18.3 Å². The molecule has 8 nitrogen and oxygen atoms in total. The van der Waals surface area contributed by atoms with Crippen LogP contribution >= 0.6 is 0 Å². The molecule has 0 spiro atoms. The van der Waals surface area contributed by atoms with Gasteiger partial charge in [-0.25, -0.2) is 13.2 Å². The second-order valence-electron chi connectivity index (χ2n) is 7.20. The Morgan fingerprint density at radius 2 is 1.78 bits per heavy atom. The number of Topliss-reactive ketones (excluding diaryl/α,β-unsaturated/α-hetero) is 1. The Bertz CT molecular complexity index is 1260. The van der Waals surface area contributed by atoms with Crippen molar-refractivity contribution in [2.24, 2.45) is 0 Å². The van der Waals surface area contributed by atoms with Crippen molar-refractivity contribution < 1.29 is 27.5 Å². The average Bonchev–Trinajstić information content (AvgIpc) is 3.26. The average molecular weight is 455 g/mol. The number of morpholine rings is 1. The van der Waals surface area contributed by atoms with Crippen LogP contribution in [0.4, 0.5) is 0 Å². The minimum Gasteiger partial charge on any atom is -0.454 e. The topological polar surface area (TPSA) is 106 Å². The number of carbonyl (C=O) groups excluding carboxylic acids is 2. The third-order valence-corrected chi connectivity index (χ3v) is 7.05. The molecule has 1 aromatic heterocycles. The Hall–Kier alpha value is -3.27. The molecule has 1 saturated heterocycles. The number of hydrogen-bond donors (Lipinski definition) is 1. The normalized spacial score (nSPS) is 15.2. The van der Waals surface area contributed by atoms with Crippen LogP contribution < -0.4 is 0 Å². The number of para-hydroxylation sites is 1. The number of benzene rings is 2. The lowest BCUT2D eigenvalue weighted by molar-refractivity contribution is -0.136. The molecule has 0 aliphatic carbocycles. The zero-order chi connectivity index (χ0) is 22.6. The van der Waals surface area contributed by atoms with Crippen molar-refractivity contribution >= 4 is 38.8 Å². The number of rotatable bonds is 7. The van der Waals surface area contributed by atoms with E-state index in [9.17, 15) is 18.0 Å². The molecule has 0 unspecified atom stereocenters. The number of ether oxygens (including phenoxy) is 2. The highest BCUT2D eigenvalue weighted by molar-refractivity contribution is 7.89. The van der Waals surface area contributed by atoms with Gasteiger partial charge >= 0.3 is 5.97 Å². The van der Waals surface area contributed by atoms with Crippen LogP contribution in [0, 0.1) is 0 Å². The second kappa shape index (κ2) is 9.47. The number of H-pyrrole nitrogens is 1. The molecule has 32 heavy (non-hydrogen) atoms. The number of carbonyl (C=O) groups is 2. The lowest BCUT2D eigenvalue weighted by atomic mass is 10.1. The van der Waals surface area contributed by atoms with Gasteiger partial charge in [-0.3, -0.25) is 4.79 Å². The van der Waals surface area contributed by atoms with Crippen LogP contribution in [0.25, 0.3) is 17.0 Å². The van der Waals surface area contributed by atoms with E-state index >= 15 is 0 Å². The van der Waals surface area contributed by atoms with E-state index < -0.39 is 16.0 Å². The van der Waals surface area contributed by atoms with Gasteiger partial charge in [0, 0.05) is 41.8 Å². The summed E-state index contributed by atoms with van der Waals surface area (Å²) in [5, 5.41) is 0.774. The molecule has 0 amide bonds. The lowest BCUT2D eigenvalue weighted by Gasteiger charge is -2.26. The predicted octanol–water partition coefficient (Wildman–Crippen LogP) is 2.63. The molecule has 0 radical (unpaired) electrons. The first kappa shape index (κ1) is 21.9. The molecule has 1 aliphatic heterocycles. The second-order valence-corrected chi connectivity index (χ2v) is 9.14. The van der Waals surface area contributed by atoms with Crippen molar-refractivity contribution in [1.29, 1.82) is 0 Å². The summed E-state index contributed by atoms with van der Waals surface area (Å²) in [4.78, 5) is 27.6. The van der Waals surface area contributed by atoms with E-state index in [-0.39, 0.29) is 17.3 Å². The summed E-state index contributed by atoms with van der Waals surface area (Å²) in [7, 11) is -3.57. The van der Waals surface area contributed by atoms with Crippen molar-refractivity contribution in [2.75, 3.05) is 32.9 Å². The highest BCUT2D eigenvalue weighted by Gasteiger charge is 2.26. The maximum absolute atomic E-state index is 12.6. The van der Waals surface area contributed by atoms with E-state index in [4.69, 9.17) is 9.47 Å². The van der Waals surface area contributed by atoms with Crippen molar-refractivity contribution in [2.45, 2.75) is 4.90 Å². The van der Waals surface area contributed by atoms with Crippen molar-refractivity contribution in [1.82, 2.24) is 9.29 Å². The summed E-state index contributed by atoms with van der Waals surface area (Å²) in [5.74, 6) is -0.968. The van der Waals surface area contributed by atoms with E-state index in [2.05, 4.69) is 4.98 Å². The van der Waals surface area contributed by atoms with Gasteiger partial charge in [-0.15, -0.1) is 0 Å². The van der Waals surface area contributed by atoms with Gasteiger partial charge in [-0.2, -0.15) is 4.31 Å². The quantitative estimate of drug-likeness (QED) is 0.334. The summed E-state index contributed by atoms with van der Waals surface area (Å²) in [6.45, 7) is 1.04. The molecule has 0 bridgehead atoms. The van der Waals surface area contributed by atoms with E-state index in [0.717, 1.165) is 10.9 Å². The Kier molecular flexibility index (Phi) is 6.50. The Morgan fingerprint density at radius 1 is 1.06 bits per heavy atom. The molecule has 9 heteroatoms. The van der Waals surface area contributed by atoms with E-state index in [1.165, 1.54) is 28.6 Å². The number of ketones is 1. The van der Waals surface area contributed by atoms with Gasteiger partial charge in [0.05, 0.1) is 18.1 Å². The highest BCUT2D eigenvalue weighted by Crippen LogP contribution is 2.19. The third kappa shape index (κ3) is 4.80. The Labute approximate surface area is 185 Å². The number of nitrogens with zero attached hydrogens (tertiary/aromatic N) is 1. The van der Waals surface area contributed by atoms with E-state index in [0.29, 0.717) is 37.4 Å². The molecule has 1 aliphatic rings. The molecule has 2 heterocycles. The number of nitrogens with one attached hydrogen (secondary N) is 1. The first-order valence-electron chi connectivity index (χ1n) is 10.1. The van der Waals surface area contributed by atoms with Gasteiger partial charge < -0.3 is 14.5 Å². The Balaban J connectivity index is 1.34. The molecule has 4 rings (SSSR count). The smallest absolute Gasteiger partial charge is 0.331 e. The highest BCUT2D eigenvalue weighted by atomic mass is 32.2. The number of fused-ring (bicyclic) bond motifs is 1. The molecule has 0 atom stereocenters. The summed E-state index contributed by atoms with van der Waals surface area (Å²) >= 11 is 0. The zero-order valence-corrected chi connectivity index (χ0v) is 18.0. The summed E-state index contributed by atoms with van der Waals surface area (Å²) in [5.41, 5.74) is 1.93. The van der Waals surface area contributed by atoms with Gasteiger partial charge in [0.1, 0.15) is 0 Å². The largest absolute Gasteiger partial charge is 0.454 e. The molecule has 3 aromatic rings. The first-order chi connectivity index (χ1) is 15.4. The fraction of sp³-hybridized carbons (Fsp3) is 0.217. The summed E-state index contributed by atoms with van der Waals surface area (Å²) < 4.78 is 36.9. The van der Waals surface area contributed by atoms with Crippen LogP contribution in [0.15, 0.2) is 65.7 Å². The maximum atomic E-state index is 12.6. The molecule has 0 saturated carbocycles. The van der Waals surface area contributed by atoms with Crippen LogP contribution in [0.5, 0.6) is 0 Å². The van der Waals surface area contributed by atoms with Gasteiger partial charge in [-0.1, -0.05) is 30.3 Å². The van der Waals surface area contributed by atoms with Crippen molar-refractivity contribution in [3.63, 3.8) is 0 Å². The molecular formula is C23H22N2O6S. The first-order valence-corrected chi connectivity index (χ1v) is 11.5. The number of hydrogen-bond acceptors (Lipinski definition) is 6. The molecule has 1 fully saturated rings. The lowest BCUT2D eigenvalue weighted by Crippen LogP contribution is -2.40. The number of esters is 1. The van der Waals surface area contributed by atoms with Crippen molar-refractivity contribution in [3.05, 3.63) is 71.9 Å². The molecule has 1 N–H and O–H groups in total. The summed E-state index contributed by atoms with van der Waals surface area (Å²) in [6.07, 6.45) is 4.31. The van der Waals surface area contributed by atoms with Gasteiger partial charge in [0.25, 0.3) is 0 Å². The number of aromatic amines is 1. The van der Waals surface area contributed by atoms with Gasteiger partial charge in [-0.05, 0) is 29.8 Å². The SMILES string of the molecule is O=C(/C=C/c1ccc(S(=O)(=O)N2CCOCC2)cc1)OCC(=O)c1c[nH]c2ccccc12. The number of sulfonamides is 1. The maximum Gasteiger partial charge on any atom is 0.331 e. The minimum atomic E-state index is -3.57. The van der Waals surface area contributed by atoms with Crippen molar-refractivity contribution in [3.8, 4) is 0 Å². The van der Waals surface area contributed by atoms with Crippen LogP contribution in [0.2, 0.25) is 0 Å². The monoisotopic (exact) mass is 454 g/mol. The molecular weight excluding hydrogens is 432 g/mol. The van der Waals surface area contributed by atoms with Gasteiger partial charge in [0.15, 0.2) is 6.61 Å². The van der Waals surface area contributed by atoms with Gasteiger partial charge in [0.2, 0.25) is 15.8 Å². The van der Waals surface area contributed by atoms with E-state index in [1.807, 2.05) is 24.3 Å². The number of aromatic nitrogens is 1. The van der Waals surface area contributed by atoms with Crippen LogP contribution in [-0.4, -0.2) is 62.4 Å². The van der Waals surface area contributed by atoms with Crippen LogP contribution in [0.1, 0.15) is 15.9 Å². The minimum absolute atomic E-state index is 0.184. The summed E-state index contributed by atoms with van der Waals surface area (Å²) in [6, 6.07) is 13.6. The fourth-order valence-electron chi connectivity index (χ4n) is 3.42. The van der Waals surface area contributed by atoms with Crippen LogP contribution in [0.3, 0.4) is 0 Å². The molecule has 166 valence electrons. The molecule has 2 aromatic carbocycles. The zero-order valence-electron chi connectivity index (χ0n) is 17.2. The Morgan fingerprint density at radius 3 is 2.53 bits per heavy atom. The third-order valence-electron chi connectivity index (χ3n) is 5.13.